The molecule has 0 aromatic heterocycles. The average Bonchev–Trinajstić information content (AvgIpc) is 2.68. The second-order valence-corrected chi connectivity index (χ2v) is 15.9. The Morgan fingerprint density at radius 2 is 0.867 bits per heavy atom. The Hall–Kier alpha value is -0.313. The largest absolute Gasteiger partial charge is 0.518 e. The lowest BCUT2D eigenvalue weighted by molar-refractivity contribution is -0.135. The molecule has 0 radical (unpaired) electrons. The van der Waals surface area contributed by atoms with E-state index in [1.54, 1.807) is 0 Å². The molecular formula is C27H56O2Si. The molecule has 0 bridgehead atoms. The van der Waals surface area contributed by atoms with E-state index in [9.17, 15) is 4.79 Å². The lowest BCUT2D eigenvalue weighted by atomic mass is 10.0. The fraction of sp³-hybridized carbons (Fsp3) is 0.963. The summed E-state index contributed by atoms with van der Waals surface area (Å²) >= 11 is 0. The first-order chi connectivity index (χ1) is 14.3. The van der Waals surface area contributed by atoms with Gasteiger partial charge in [0, 0.05) is 6.42 Å². The van der Waals surface area contributed by atoms with Gasteiger partial charge in [-0.2, -0.15) is 0 Å². The van der Waals surface area contributed by atoms with Gasteiger partial charge >= 0.3 is 0 Å². The van der Waals surface area contributed by atoms with Crippen molar-refractivity contribution in [1.82, 2.24) is 0 Å². The molecule has 0 aliphatic carbocycles. The standard InChI is InChI=1S/C27H56O2Si/c1-8-9-10-11-12-13-14-15-16-17-18-19-20-21-22-23-27(28)29-30(24(2)3,25(4)5)26(6)7/h24-26H,8-23H2,1-7H3. The predicted octanol–water partition coefficient (Wildman–Crippen LogP) is 9.97. The molecular weight excluding hydrogens is 384 g/mol. The van der Waals surface area contributed by atoms with Crippen molar-refractivity contribution in [2.24, 2.45) is 0 Å². The van der Waals surface area contributed by atoms with Gasteiger partial charge in [-0.3, -0.25) is 4.79 Å². The van der Waals surface area contributed by atoms with Gasteiger partial charge in [0.25, 0.3) is 14.3 Å². The van der Waals surface area contributed by atoms with Crippen molar-refractivity contribution >= 4 is 14.3 Å². The van der Waals surface area contributed by atoms with E-state index in [-0.39, 0.29) is 5.97 Å². The van der Waals surface area contributed by atoms with Crippen molar-refractivity contribution in [3.8, 4) is 0 Å². The number of unbranched alkanes of at least 4 members (excludes halogenated alkanes) is 14. The molecule has 0 N–H and O–H groups in total. The molecule has 0 atom stereocenters. The van der Waals surface area contributed by atoms with Crippen molar-refractivity contribution in [2.45, 2.75) is 168 Å². The van der Waals surface area contributed by atoms with Gasteiger partial charge in [0.2, 0.25) is 0 Å². The fourth-order valence-corrected chi connectivity index (χ4v) is 10.4. The molecule has 0 aliphatic heterocycles. The molecule has 0 heterocycles. The van der Waals surface area contributed by atoms with Gasteiger partial charge < -0.3 is 4.43 Å². The first-order valence-corrected chi connectivity index (χ1v) is 15.6. The Kier molecular flexibility index (Phi) is 18.1. The van der Waals surface area contributed by atoms with Crippen LogP contribution in [-0.4, -0.2) is 14.3 Å². The van der Waals surface area contributed by atoms with Gasteiger partial charge in [0.05, 0.1) is 0 Å². The molecule has 180 valence electrons. The molecule has 0 fully saturated rings. The van der Waals surface area contributed by atoms with E-state index in [1.807, 2.05) is 0 Å². The summed E-state index contributed by atoms with van der Waals surface area (Å²) in [6, 6.07) is 0. The van der Waals surface area contributed by atoms with Gasteiger partial charge in [-0.05, 0) is 23.0 Å². The highest BCUT2D eigenvalue weighted by atomic mass is 28.4. The Morgan fingerprint density at radius 3 is 1.17 bits per heavy atom. The summed E-state index contributed by atoms with van der Waals surface area (Å²) in [5.41, 5.74) is 1.42. The average molecular weight is 441 g/mol. The Balaban J connectivity index is 3.69. The maximum Gasteiger partial charge on any atom is 0.292 e. The third-order valence-corrected chi connectivity index (χ3v) is 13.0. The van der Waals surface area contributed by atoms with E-state index < -0.39 is 8.32 Å². The van der Waals surface area contributed by atoms with Gasteiger partial charge in [-0.25, -0.2) is 0 Å². The zero-order chi connectivity index (χ0) is 22.8. The summed E-state index contributed by atoms with van der Waals surface area (Å²) in [6.45, 7) is 15.7. The van der Waals surface area contributed by atoms with Crippen LogP contribution < -0.4 is 0 Å². The lowest BCUT2D eigenvalue weighted by Gasteiger charge is -2.41. The molecule has 0 saturated heterocycles. The minimum absolute atomic E-state index is 0.0625. The van der Waals surface area contributed by atoms with E-state index in [4.69, 9.17) is 4.43 Å². The van der Waals surface area contributed by atoms with Crippen LogP contribution in [0.1, 0.15) is 151 Å². The van der Waals surface area contributed by atoms with Crippen molar-refractivity contribution in [3.05, 3.63) is 0 Å². The third kappa shape index (κ3) is 12.5. The van der Waals surface area contributed by atoms with Crippen molar-refractivity contribution < 1.29 is 9.22 Å². The minimum atomic E-state index is -2.05. The molecule has 0 aliphatic rings. The molecule has 0 spiro atoms. The number of hydrogen-bond acceptors (Lipinski definition) is 2. The van der Waals surface area contributed by atoms with Crippen LogP contribution >= 0.6 is 0 Å². The molecule has 0 amide bonds. The molecule has 2 nitrogen and oxygen atoms in total. The molecule has 30 heavy (non-hydrogen) atoms. The van der Waals surface area contributed by atoms with E-state index in [0.717, 1.165) is 6.42 Å². The maximum absolute atomic E-state index is 12.5. The van der Waals surface area contributed by atoms with Crippen molar-refractivity contribution in [3.63, 3.8) is 0 Å². The number of hydrogen-bond donors (Lipinski definition) is 0. The quantitative estimate of drug-likeness (QED) is 0.139. The summed E-state index contributed by atoms with van der Waals surface area (Å²) in [5, 5.41) is 0. The van der Waals surface area contributed by atoms with E-state index >= 15 is 0 Å². The summed E-state index contributed by atoms with van der Waals surface area (Å²) in [6.07, 6.45) is 20.9. The highest BCUT2D eigenvalue weighted by molar-refractivity contribution is 6.78. The predicted molar refractivity (Wildman–Crippen MR) is 137 cm³/mol. The summed E-state index contributed by atoms with van der Waals surface area (Å²) in [7, 11) is -2.05. The van der Waals surface area contributed by atoms with Crippen LogP contribution in [0.5, 0.6) is 0 Å². The maximum atomic E-state index is 12.5. The van der Waals surface area contributed by atoms with Crippen LogP contribution in [0.25, 0.3) is 0 Å². The Morgan fingerprint density at radius 1 is 0.567 bits per heavy atom. The number of carbonyl (C=O) groups is 1. The highest BCUT2D eigenvalue weighted by Crippen LogP contribution is 2.42. The Bertz CT molecular complexity index is 382. The molecule has 0 saturated carbocycles. The van der Waals surface area contributed by atoms with Crippen LogP contribution in [0.3, 0.4) is 0 Å². The molecule has 0 rings (SSSR count). The summed E-state index contributed by atoms with van der Waals surface area (Å²) in [4.78, 5) is 12.5. The van der Waals surface area contributed by atoms with Crippen molar-refractivity contribution in [1.29, 1.82) is 0 Å². The second kappa shape index (κ2) is 18.3. The summed E-state index contributed by atoms with van der Waals surface area (Å²) in [5.74, 6) is 0.0625. The Labute approximate surface area is 191 Å². The van der Waals surface area contributed by atoms with Crippen LogP contribution in [-0.2, 0) is 9.22 Å². The SMILES string of the molecule is CCCCCCCCCCCCCCCCCC(=O)O[Si](C(C)C)(C(C)C)C(C)C. The molecule has 3 heteroatoms. The van der Waals surface area contributed by atoms with Gasteiger partial charge in [0.1, 0.15) is 0 Å². The van der Waals surface area contributed by atoms with Gasteiger partial charge in [-0.1, -0.05) is 138 Å². The second-order valence-electron chi connectivity index (χ2n) is 10.5. The normalized spacial score (nSPS) is 12.3. The first-order valence-electron chi connectivity index (χ1n) is 13.5. The van der Waals surface area contributed by atoms with Gasteiger partial charge in [0.15, 0.2) is 0 Å². The monoisotopic (exact) mass is 440 g/mol. The molecule has 0 aromatic carbocycles. The molecule has 0 aromatic rings. The zero-order valence-electron chi connectivity index (χ0n) is 21.9. The number of carbonyl (C=O) groups excluding carboxylic acids is 1. The minimum Gasteiger partial charge on any atom is -0.518 e. The third-order valence-electron chi connectivity index (χ3n) is 6.98. The topological polar surface area (TPSA) is 26.3 Å². The zero-order valence-corrected chi connectivity index (χ0v) is 22.9. The molecule has 0 unspecified atom stereocenters. The smallest absolute Gasteiger partial charge is 0.292 e. The van der Waals surface area contributed by atoms with Crippen LogP contribution in [0.2, 0.25) is 16.6 Å². The number of rotatable bonds is 20. The highest BCUT2D eigenvalue weighted by Gasteiger charge is 2.47. The first kappa shape index (κ1) is 29.7. The van der Waals surface area contributed by atoms with Gasteiger partial charge in [-0.15, -0.1) is 0 Å². The van der Waals surface area contributed by atoms with Crippen LogP contribution in [0, 0.1) is 0 Å². The fourth-order valence-electron chi connectivity index (χ4n) is 5.24. The van der Waals surface area contributed by atoms with Crippen LogP contribution in [0.15, 0.2) is 0 Å². The van der Waals surface area contributed by atoms with E-state index in [0.29, 0.717) is 23.0 Å². The summed E-state index contributed by atoms with van der Waals surface area (Å²) < 4.78 is 6.24. The lowest BCUT2D eigenvalue weighted by Crippen LogP contribution is -2.49. The van der Waals surface area contributed by atoms with Crippen molar-refractivity contribution in [2.75, 3.05) is 0 Å². The van der Waals surface area contributed by atoms with E-state index in [1.165, 1.54) is 89.9 Å². The van der Waals surface area contributed by atoms with E-state index in [2.05, 4.69) is 48.5 Å². The van der Waals surface area contributed by atoms with Crippen LogP contribution in [0.4, 0.5) is 0 Å².